The van der Waals surface area contributed by atoms with Crippen LogP contribution in [0.5, 0.6) is 0 Å². The minimum atomic E-state index is -0.145. The smallest absolute Gasteiger partial charge is 0.0679 e. The molecule has 0 amide bonds. The van der Waals surface area contributed by atoms with Crippen LogP contribution in [0.3, 0.4) is 0 Å². The van der Waals surface area contributed by atoms with E-state index in [4.69, 9.17) is 0 Å². The third-order valence-corrected chi connectivity index (χ3v) is 4.00. The van der Waals surface area contributed by atoms with Gasteiger partial charge in [0.05, 0.1) is 6.10 Å². The Kier molecular flexibility index (Phi) is 3.06. The number of aliphatic hydroxyl groups is 1. The maximum absolute atomic E-state index is 9.63. The molecule has 18 heavy (non-hydrogen) atoms. The van der Waals surface area contributed by atoms with Crippen LogP contribution >= 0.6 is 0 Å². The van der Waals surface area contributed by atoms with Crippen molar-refractivity contribution in [2.24, 2.45) is 0 Å². The van der Waals surface area contributed by atoms with Gasteiger partial charge in [-0.25, -0.2) is 0 Å². The molecule has 0 radical (unpaired) electrons. The molecule has 1 saturated heterocycles. The summed E-state index contributed by atoms with van der Waals surface area (Å²) >= 11 is 0. The highest BCUT2D eigenvalue weighted by Gasteiger charge is 2.25. The monoisotopic (exact) mass is 241 g/mol. The van der Waals surface area contributed by atoms with Gasteiger partial charge in [-0.3, -0.25) is 4.90 Å². The van der Waals surface area contributed by atoms with E-state index in [2.05, 4.69) is 54.3 Å². The van der Waals surface area contributed by atoms with E-state index in [1.165, 1.54) is 16.3 Å². The lowest BCUT2D eigenvalue weighted by molar-refractivity contribution is 0.163. The Morgan fingerprint density at radius 1 is 1.17 bits per heavy atom. The topological polar surface area (TPSA) is 23.5 Å². The van der Waals surface area contributed by atoms with E-state index in [-0.39, 0.29) is 6.10 Å². The van der Waals surface area contributed by atoms with Gasteiger partial charge in [-0.2, -0.15) is 0 Å². The SMILES string of the molecule is CC(c1ccc2ccccc2c1)N1CC[C@@H](O)C1. The van der Waals surface area contributed by atoms with Gasteiger partial charge in [-0.15, -0.1) is 0 Å². The van der Waals surface area contributed by atoms with E-state index < -0.39 is 0 Å². The molecule has 3 rings (SSSR count). The number of fused-ring (bicyclic) bond motifs is 1. The average molecular weight is 241 g/mol. The molecule has 2 aromatic rings. The normalized spacial score (nSPS) is 22.4. The van der Waals surface area contributed by atoms with Crippen LogP contribution in [-0.4, -0.2) is 29.2 Å². The molecular formula is C16H19NO. The number of hydrogen-bond acceptors (Lipinski definition) is 2. The zero-order chi connectivity index (χ0) is 12.5. The van der Waals surface area contributed by atoms with Crippen molar-refractivity contribution < 1.29 is 5.11 Å². The summed E-state index contributed by atoms with van der Waals surface area (Å²) in [4.78, 5) is 2.36. The minimum absolute atomic E-state index is 0.145. The molecule has 1 unspecified atom stereocenters. The second kappa shape index (κ2) is 4.71. The summed E-state index contributed by atoms with van der Waals surface area (Å²) < 4.78 is 0. The van der Waals surface area contributed by atoms with Crippen LogP contribution in [0.15, 0.2) is 42.5 Å². The molecule has 0 saturated carbocycles. The standard InChI is InChI=1S/C16H19NO/c1-12(17-9-8-16(18)11-17)14-7-6-13-4-2-3-5-15(13)10-14/h2-7,10,12,16,18H,8-9,11H2,1H3/t12?,16-/m1/s1. The molecule has 2 heteroatoms. The van der Waals surface area contributed by atoms with E-state index in [0.29, 0.717) is 6.04 Å². The molecule has 1 aliphatic heterocycles. The third-order valence-electron chi connectivity index (χ3n) is 4.00. The highest BCUT2D eigenvalue weighted by atomic mass is 16.3. The number of rotatable bonds is 2. The van der Waals surface area contributed by atoms with E-state index in [0.717, 1.165) is 19.5 Å². The lowest BCUT2D eigenvalue weighted by Crippen LogP contribution is -2.25. The Morgan fingerprint density at radius 2 is 1.94 bits per heavy atom. The maximum atomic E-state index is 9.63. The van der Waals surface area contributed by atoms with Crippen LogP contribution in [0.4, 0.5) is 0 Å². The molecule has 0 bridgehead atoms. The Labute approximate surface area is 108 Å². The highest BCUT2D eigenvalue weighted by molar-refractivity contribution is 5.83. The maximum Gasteiger partial charge on any atom is 0.0679 e. The molecule has 0 spiro atoms. The molecule has 1 N–H and O–H groups in total. The minimum Gasteiger partial charge on any atom is -0.392 e. The summed E-state index contributed by atoms with van der Waals surface area (Å²) in [5, 5.41) is 12.2. The molecule has 0 aliphatic carbocycles. The highest BCUT2D eigenvalue weighted by Crippen LogP contribution is 2.27. The predicted octanol–water partition coefficient (Wildman–Crippen LogP) is 2.97. The van der Waals surface area contributed by atoms with Crippen molar-refractivity contribution in [3.63, 3.8) is 0 Å². The number of β-amino-alcohol motifs (C(OH)–C–C–N with tert-alkyl or cyclic N) is 1. The van der Waals surface area contributed by atoms with Crippen molar-refractivity contribution in [2.45, 2.75) is 25.5 Å². The summed E-state index contributed by atoms with van der Waals surface area (Å²) in [6.45, 7) is 4.02. The first kappa shape index (κ1) is 11.7. The van der Waals surface area contributed by atoms with Gasteiger partial charge < -0.3 is 5.11 Å². The van der Waals surface area contributed by atoms with Gasteiger partial charge in [0.2, 0.25) is 0 Å². The fourth-order valence-corrected chi connectivity index (χ4v) is 2.80. The molecule has 0 aromatic heterocycles. The predicted molar refractivity (Wildman–Crippen MR) is 74.6 cm³/mol. The van der Waals surface area contributed by atoms with Crippen molar-refractivity contribution in [1.82, 2.24) is 4.90 Å². The van der Waals surface area contributed by atoms with Gasteiger partial charge in [0.1, 0.15) is 0 Å². The van der Waals surface area contributed by atoms with Crippen molar-refractivity contribution >= 4 is 10.8 Å². The fourth-order valence-electron chi connectivity index (χ4n) is 2.80. The van der Waals surface area contributed by atoms with Gasteiger partial charge in [-0.1, -0.05) is 36.4 Å². The fraction of sp³-hybridized carbons (Fsp3) is 0.375. The van der Waals surface area contributed by atoms with E-state index in [1.54, 1.807) is 0 Å². The van der Waals surface area contributed by atoms with Gasteiger partial charge >= 0.3 is 0 Å². The van der Waals surface area contributed by atoms with Crippen LogP contribution in [-0.2, 0) is 0 Å². The van der Waals surface area contributed by atoms with Crippen molar-refractivity contribution in [3.05, 3.63) is 48.0 Å². The summed E-state index contributed by atoms with van der Waals surface area (Å²) in [6, 6.07) is 15.5. The van der Waals surface area contributed by atoms with Crippen LogP contribution in [0, 0.1) is 0 Å². The first-order valence-corrected chi connectivity index (χ1v) is 6.65. The Bertz CT molecular complexity index is 552. The van der Waals surface area contributed by atoms with Gasteiger partial charge in [0.15, 0.2) is 0 Å². The Balaban J connectivity index is 1.89. The molecule has 1 fully saturated rings. The third kappa shape index (κ3) is 2.14. The molecule has 1 heterocycles. The largest absolute Gasteiger partial charge is 0.392 e. The number of benzene rings is 2. The van der Waals surface area contributed by atoms with E-state index >= 15 is 0 Å². The van der Waals surface area contributed by atoms with Crippen molar-refractivity contribution in [2.75, 3.05) is 13.1 Å². The molecule has 2 aromatic carbocycles. The molecule has 1 aliphatic rings. The van der Waals surface area contributed by atoms with E-state index in [9.17, 15) is 5.11 Å². The molecule has 2 nitrogen and oxygen atoms in total. The first-order chi connectivity index (χ1) is 8.74. The second-order valence-electron chi connectivity index (χ2n) is 5.22. The molecule has 2 atom stereocenters. The van der Waals surface area contributed by atoms with Crippen molar-refractivity contribution in [1.29, 1.82) is 0 Å². The van der Waals surface area contributed by atoms with Crippen LogP contribution in [0.25, 0.3) is 10.8 Å². The van der Waals surface area contributed by atoms with Gasteiger partial charge in [-0.05, 0) is 35.7 Å². The first-order valence-electron chi connectivity index (χ1n) is 6.65. The average Bonchev–Trinajstić information content (AvgIpc) is 2.84. The summed E-state index contributed by atoms with van der Waals surface area (Å²) in [6.07, 6.45) is 0.755. The van der Waals surface area contributed by atoms with Gasteiger partial charge in [0.25, 0.3) is 0 Å². The quantitative estimate of drug-likeness (QED) is 0.873. The van der Waals surface area contributed by atoms with Crippen LogP contribution in [0.2, 0.25) is 0 Å². The zero-order valence-electron chi connectivity index (χ0n) is 10.7. The summed E-state index contributed by atoms with van der Waals surface area (Å²) in [5.74, 6) is 0. The number of aliphatic hydroxyl groups excluding tert-OH is 1. The second-order valence-corrected chi connectivity index (χ2v) is 5.22. The van der Waals surface area contributed by atoms with Gasteiger partial charge in [0, 0.05) is 19.1 Å². The Morgan fingerprint density at radius 3 is 2.67 bits per heavy atom. The number of nitrogens with zero attached hydrogens (tertiary/aromatic N) is 1. The zero-order valence-corrected chi connectivity index (χ0v) is 10.7. The summed E-state index contributed by atoms with van der Waals surface area (Å²) in [5.41, 5.74) is 1.34. The molecule has 94 valence electrons. The lowest BCUT2D eigenvalue weighted by atomic mass is 10.0. The lowest BCUT2D eigenvalue weighted by Gasteiger charge is -2.24. The summed E-state index contributed by atoms with van der Waals surface area (Å²) in [7, 11) is 0. The van der Waals surface area contributed by atoms with Crippen molar-refractivity contribution in [3.8, 4) is 0 Å². The Hall–Kier alpha value is -1.38. The number of hydrogen-bond donors (Lipinski definition) is 1. The molecular weight excluding hydrogens is 222 g/mol. The number of likely N-dealkylation sites (tertiary alicyclic amines) is 1. The van der Waals surface area contributed by atoms with Crippen LogP contribution in [0.1, 0.15) is 24.9 Å². The van der Waals surface area contributed by atoms with Crippen LogP contribution < -0.4 is 0 Å². The van der Waals surface area contributed by atoms with E-state index in [1.807, 2.05) is 0 Å².